The average Bonchev–Trinajstić information content (AvgIpc) is 3.42. The van der Waals surface area contributed by atoms with E-state index in [1.807, 2.05) is 50.4 Å². The Kier molecular flexibility index (Phi) is 5.36. The van der Waals surface area contributed by atoms with Crippen molar-refractivity contribution in [3.8, 4) is 6.07 Å². The van der Waals surface area contributed by atoms with Crippen molar-refractivity contribution in [2.24, 2.45) is 5.41 Å². The second-order valence-electron chi connectivity index (χ2n) is 7.99. The molecule has 31 heavy (non-hydrogen) atoms. The highest BCUT2D eigenvalue weighted by molar-refractivity contribution is 7.10. The minimum Gasteiger partial charge on any atom is -0.344 e. The lowest BCUT2D eigenvalue weighted by Crippen LogP contribution is -2.20. The van der Waals surface area contributed by atoms with E-state index in [1.54, 1.807) is 24.7 Å². The number of anilines is 2. The Bertz CT molecular complexity index is 1310. The summed E-state index contributed by atoms with van der Waals surface area (Å²) in [4.78, 5) is 28.9. The fourth-order valence-corrected chi connectivity index (χ4v) is 3.61. The first-order valence-corrected chi connectivity index (χ1v) is 10.5. The molecule has 0 spiro atoms. The molecule has 0 aliphatic rings. The highest BCUT2D eigenvalue weighted by atomic mass is 32.1. The molecule has 4 aromatic rings. The molecule has 154 valence electrons. The third-order valence-corrected chi connectivity index (χ3v) is 5.39. The number of nitrogens with zero attached hydrogens (tertiary/aromatic N) is 4. The normalized spacial score (nSPS) is 12.0. The number of nitrogens with one attached hydrogen (secondary N) is 2. The summed E-state index contributed by atoms with van der Waals surface area (Å²) in [5.74, 6) is 0.550. The van der Waals surface area contributed by atoms with Crippen LogP contribution in [-0.2, 0) is 0 Å². The quantitative estimate of drug-likeness (QED) is 0.323. The molecular formula is C23H20N6OS. The van der Waals surface area contributed by atoms with Crippen molar-refractivity contribution in [2.75, 3.05) is 5.32 Å². The van der Waals surface area contributed by atoms with Gasteiger partial charge in [-0.15, -0.1) is 11.3 Å². The summed E-state index contributed by atoms with van der Waals surface area (Å²) < 4.78 is 0. The summed E-state index contributed by atoms with van der Waals surface area (Å²) in [7, 11) is 0. The van der Waals surface area contributed by atoms with Gasteiger partial charge in [-0.3, -0.25) is 4.79 Å². The summed E-state index contributed by atoms with van der Waals surface area (Å²) >= 11 is 1.43. The molecule has 2 N–H and O–H groups in total. The monoisotopic (exact) mass is 428 g/mol. The molecule has 0 atom stereocenters. The van der Waals surface area contributed by atoms with E-state index in [2.05, 4.69) is 31.3 Å². The number of carbonyl (C=O) groups is 1. The first-order valence-electron chi connectivity index (χ1n) is 9.63. The second-order valence-corrected chi connectivity index (χ2v) is 8.88. The van der Waals surface area contributed by atoms with Gasteiger partial charge in [0.25, 0.3) is 0 Å². The van der Waals surface area contributed by atoms with Gasteiger partial charge in [0.1, 0.15) is 22.4 Å². The van der Waals surface area contributed by atoms with E-state index in [0.29, 0.717) is 33.1 Å². The van der Waals surface area contributed by atoms with Crippen molar-refractivity contribution in [3.63, 3.8) is 0 Å². The summed E-state index contributed by atoms with van der Waals surface area (Å²) in [6, 6.07) is 9.80. The number of benzene rings is 1. The van der Waals surface area contributed by atoms with Gasteiger partial charge in [0.15, 0.2) is 11.4 Å². The van der Waals surface area contributed by atoms with Crippen molar-refractivity contribution < 1.29 is 4.79 Å². The second kappa shape index (κ2) is 8.13. The zero-order valence-electron chi connectivity index (χ0n) is 17.3. The highest BCUT2D eigenvalue weighted by Crippen LogP contribution is 2.26. The fourth-order valence-electron chi connectivity index (χ4n) is 3.00. The Hall–Kier alpha value is -3.83. The van der Waals surface area contributed by atoms with E-state index in [0.717, 1.165) is 11.3 Å². The van der Waals surface area contributed by atoms with Gasteiger partial charge in [0.2, 0.25) is 0 Å². The largest absolute Gasteiger partial charge is 0.344 e. The molecule has 0 aliphatic heterocycles. The molecule has 0 aliphatic carbocycles. The number of hydrogen-bond acceptors (Lipinski definition) is 7. The molecule has 3 aromatic heterocycles. The lowest BCUT2D eigenvalue weighted by atomic mass is 9.87. The van der Waals surface area contributed by atoms with E-state index < -0.39 is 5.41 Å². The lowest BCUT2D eigenvalue weighted by molar-refractivity contribution is 0.0860. The Morgan fingerprint density at radius 2 is 2.00 bits per heavy atom. The van der Waals surface area contributed by atoms with E-state index in [4.69, 9.17) is 0 Å². The van der Waals surface area contributed by atoms with Crippen molar-refractivity contribution in [1.29, 1.82) is 5.26 Å². The van der Waals surface area contributed by atoms with Gasteiger partial charge in [-0.05, 0) is 23.8 Å². The van der Waals surface area contributed by atoms with Crippen LogP contribution in [0.1, 0.15) is 41.7 Å². The van der Waals surface area contributed by atoms with Crippen LogP contribution in [0.15, 0.2) is 48.2 Å². The first kappa shape index (κ1) is 20.4. The molecule has 8 heteroatoms. The van der Waals surface area contributed by atoms with Crippen LogP contribution in [0.4, 0.5) is 11.5 Å². The topological polar surface area (TPSA) is 107 Å². The molecule has 3 heterocycles. The standard InChI is InChI=1S/C23H20N6OS/c1-23(2,3)20(30)17-12-26-21-19(17)29-18(13-27-21)28-16-6-4-14(5-7-16)10-15(11-24)22-25-8-9-31-22/h4-10,12-13H,1-3H3,(H,26,27)(H,28,29)/b15-10+. The summed E-state index contributed by atoms with van der Waals surface area (Å²) in [5, 5.41) is 15.1. The molecule has 0 fully saturated rings. The maximum atomic E-state index is 12.7. The third kappa shape index (κ3) is 4.37. The molecule has 0 saturated carbocycles. The molecule has 0 unspecified atom stereocenters. The molecule has 0 bridgehead atoms. The molecule has 0 radical (unpaired) electrons. The minimum absolute atomic E-state index is 0.00914. The third-order valence-electron chi connectivity index (χ3n) is 4.58. The number of nitriles is 1. The van der Waals surface area contributed by atoms with Crippen molar-refractivity contribution in [1.82, 2.24) is 19.9 Å². The van der Waals surface area contributed by atoms with E-state index >= 15 is 0 Å². The van der Waals surface area contributed by atoms with Crippen molar-refractivity contribution in [2.45, 2.75) is 20.8 Å². The van der Waals surface area contributed by atoms with Crippen molar-refractivity contribution >= 4 is 51.4 Å². The van der Waals surface area contributed by atoms with Gasteiger partial charge < -0.3 is 10.3 Å². The number of H-pyrrole nitrogens is 1. The molecule has 7 nitrogen and oxygen atoms in total. The Morgan fingerprint density at radius 3 is 2.65 bits per heavy atom. The van der Waals surface area contributed by atoms with E-state index in [-0.39, 0.29) is 5.78 Å². The number of Topliss-reactive ketones (excluding diaryl/α,β-unsaturated/α-hetero) is 1. The Balaban J connectivity index is 1.57. The van der Waals surface area contributed by atoms with Crippen LogP contribution >= 0.6 is 11.3 Å². The maximum Gasteiger partial charge on any atom is 0.171 e. The van der Waals surface area contributed by atoms with Gasteiger partial charge in [-0.1, -0.05) is 32.9 Å². The van der Waals surface area contributed by atoms with Crippen LogP contribution < -0.4 is 5.32 Å². The number of allylic oxidation sites excluding steroid dienone is 1. The van der Waals surface area contributed by atoms with Crippen LogP contribution in [-0.4, -0.2) is 25.7 Å². The smallest absolute Gasteiger partial charge is 0.171 e. The number of carbonyl (C=O) groups excluding carboxylic acids is 1. The predicted octanol–water partition coefficient (Wildman–Crippen LogP) is 5.45. The number of thiazole rings is 1. The average molecular weight is 429 g/mol. The van der Waals surface area contributed by atoms with Gasteiger partial charge in [0.05, 0.1) is 17.3 Å². The van der Waals surface area contributed by atoms with Gasteiger partial charge in [-0.25, -0.2) is 15.0 Å². The van der Waals surface area contributed by atoms with Gasteiger partial charge >= 0.3 is 0 Å². The van der Waals surface area contributed by atoms with E-state index in [9.17, 15) is 10.1 Å². The molecule has 4 rings (SSSR count). The van der Waals surface area contributed by atoms with Crippen LogP contribution in [0, 0.1) is 16.7 Å². The molecular weight excluding hydrogens is 408 g/mol. The summed E-state index contributed by atoms with van der Waals surface area (Å²) in [6.07, 6.45) is 6.77. The Labute approximate surface area is 183 Å². The van der Waals surface area contributed by atoms with Crippen molar-refractivity contribution in [3.05, 3.63) is 64.4 Å². The Morgan fingerprint density at radius 1 is 1.23 bits per heavy atom. The number of rotatable bonds is 5. The molecule has 0 amide bonds. The molecule has 0 saturated heterocycles. The SMILES string of the molecule is CC(C)(C)C(=O)c1c[nH]c2ncc(Nc3ccc(/C=C(\C#N)c4nccs4)cc3)nc12. The zero-order valence-corrected chi connectivity index (χ0v) is 18.1. The summed E-state index contributed by atoms with van der Waals surface area (Å²) in [5.41, 5.74) is 3.38. The van der Waals surface area contributed by atoms with E-state index in [1.165, 1.54) is 11.3 Å². The zero-order chi connectivity index (χ0) is 22.0. The van der Waals surface area contributed by atoms with Crippen LogP contribution in [0.2, 0.25) is 0 Å². The first-order chi connectivity index (χ1) is 14.8. The van der Waals surface area contributed by atoms with Gasteiger partial charge in [0, 0.05) is 28.9 Å². The number of ketones is 1. The number of hydrogen-bond donors (Lipinski definition) is 2. The lowest BCUT2D eigenvalue weighted by Gasteiger charge is -2.15. The maximum absolute atomic E-state index is 12.7. The summed E-state index contributed by atoms with van der Waals surface area (Å²) in [6.45, 7) is 5.64. The number of aromatic amines is 1. The van der Waals surface area contributed by atoms with Crippen LogP contribution in [0.3, 0.4) is 0 Å². The highest BCUT2D eigenvalue weighted by Gasteiger charge is 2.26. The predicted molar refractivity (Wildman–Crippen MR) is 123 cm³/mol. The number of aromatic nitrogens is 4. The van der Waals surface area contributed by atoms with Crippen LogP contribution in [0.25, 0.3) is 22.8 Å². The molecule has 1 aromatic carbocycles. The number of fused-ring (bicyclic) bond motifs is 1. The van der Waals surface area contributed by atoms with Crippen LogP contribution in [0.5, 0.6) is 0 Å². The van der Waals surface area contributed by atoms with Gasteiger partial charge in [-0.2, -0.15) is 5.26 Å². The fraction of sp³-hybridized carbons (Fsp3) is 0.174. The minimum atomic E-state index is -0.509.